The second-order valence-electron chi connectivity index (χ2n) is 6.17. The van der Waals surface area contributed by atoms with Crippen molar-refractivity contribution in [3.8, 4) is 5.88 Å². The van der Waals surface area contributed by atoms with Crippen LogP contribution in [0.5, 0.6) is 5.88 Å². The molecule has 0 fully saturated rings. The molecular weight excluding hydrogens is 345 g/mol. The number of alkyl halides is 3. The molecule has 1 aromatic rings. The summed E-state index contributed by atoms with van der Waals surface area (Å²) in [6.07, 6.45) is -2.76. The largest absolute Gasteiger partial charge is 0.475 e. The summed E-state index contributed by atoms with van der Waals surface area (Å²) in [5, 5.41) is 0. The molecule has 0 aromatic carbocycles. The molecule has 1 aromatic heterocycles. The van der Waals surface area contributed by atoms with Gasteiger partial charge in [-0.15, -0.1) is 0 Å². The molecule has 1 unspecified atom stereocenters. The molecule has 5 nitrogen and oxygen atoms in total. The average Bonchev–Trinajstić information content (AvgIpc) is 2.45. The van der Waals surface area contributed by atoms with Gasteiger partial charge in [-0.05, 0) is 33.3 Å². The first-order chi connectivity index (χ1) is 11.0. The molecule has 1 heterocycles. The molecular formula is C15H23F3N2O3S. The van der Waals surface area contributed by atoms with Gasteiger partial charge in [0.15, 0.2) is 0 Å². The van der Waals surface area contributed by atoms with E-state index >= 15 is 0 Å². The van der Waals surface area contributed by atoms with Gasteiger partial charge in [0.2, 0.25) is 5.88 Å². The maximum atomic E-state index is 12.0. The second kappa shape index (κ2) is 8.77. The lowest BCUT2D eigenvalue weighted by Crippen LogP contribution is -2.34. The minimum atomic E-state index is -4.34. The van der Waals surface area contributed by atoms with Crippen molar-refractivity contribution in [3.05, 3.63) is 23.9 Å². The Morgan fingerprint density at radius 1 is 1.25 bits per heavy atom. The van der Waals surface area contributed by atoms with Gasteiger partial charge in [0, 0.05) is 18.3 Å². The van der Waals surface area contributed by atoms with Crippen LogP contribution in [-0.4, -0.2) is 39.9 Å². The molecule has 2 atom stereocenters. The number of nitrogens with zero attached hydrogens (tertiary/aromatic N) is 1. The number of hydrogen-bond acceptors (Lipinski definition) is 4. The number of rotatable bonds is 8. The first-order valence-corrected chi connectivity index (χ1v) is 8.55. The van der Waals surface area contributed by atoms with Crippen LogP contribution >= 0.6 is 0 Å². The van der Waals surface area contributed by atoms with Crippen LogP contribution < -0.4 is 9.46 Å². The van der Waals surface area contributed by atoms with E-state index in [0.717, 1.165) is 5.56 Å². The van der Waals surface area contributed by atoms with Gasteiger partial charge in [-0.2, -0.15) is 13.2 Å². The van der Waals surface area contributed by atoms with E-state index in [0.29, 0.717) is 5.88 Å². The molecule has 0 amide bonds. The smallest absolute Gasteiger partial charge is 0.411 e. The molecule has 138 valence electrons. The Labute approximate surface area is 142 Å². The zero-order chi connectivity index (χ0) is 18.4. The van der Waals surface area contributed by atoms with Crippen LogP contribution in [0.15, 0.2) is 18.3 Å². The molecule has 24 heavy (non-hydrogen) atoms. The summed E-state index contributed by atoms with van der Waals surface area (Å²) in [7, 11) is -1.21. The molecule has 0 aliphatic rings. The van der Waals surface area contributed by atoms with E-state index in [9.17, 15) is 17.4 Å². The number of aromatic nitrogens is 1. The Bertz CT molecular complexity index is 530. The fraction of sp³-hybridized carbons (Fsp3) is 0.667. The minimum absolute atomic E-state index is 0.0235. The third kappa shape index (κ3) is 8.07. The Balaban J connectivity index is 2.41. The van der Waals surface area contributed by atoms with Gasteiger partial charge >= 0.3 is 6.18 Å². The van der Waals surface area contributed by atoms with Gasteiger partial charge < -0.3 is 9.47 Å². The van der Waals surface area contributed by atoms with Crippen molar-refractivity contribution >= 4 is 11.0 Å². The van der Waals surface area contributed by atoms with Crippen molar-refractivity contribution in [1.82, 2.24) is 9.71 Å². The Morgan fingerprint density at radius 2 is 1.92 bits per heavy atom. The molecule has 0 radical (unpaired) electrons. The van der Waals surface area contributed by atoms with Gasteiger partial charge in [0.05, 0.1) is 22.3 Å². The SMILES string of the molecule is CC(N[S@](=O)C(C)(C)C)c1ccc(OCCOCC(F)(F)F)nc1. The Morgan fingerprint density at radius 3 is 2.42 bits per heavy atom. The summed E-state index contributed by atoms with van der Waals surface area (Å²) >= 11 is 0. The lowest BCUT2D eigenvalue weighted by molar-refractivity contribution is -0.175. The van der Waals surface area contributed by atoms with Crippen molar-refractivity contribution in [2.24, 2.45) is 0 Å². The lowest BCUT2D eigenvalue weighted by atomic mass is 10.2. The molecule has 1 N–H and O–H groups in total. The van der Waals surface area contributed by atoms with Gasteiger partial charge in [-0.25, -0.2) is 13.9 Å². The van der Waals surface area contributed by atoms with E-state index in [4.69, 9.17) is 4.74 Å². The van der Waals surface area contributed by atoms with Crippen LogP contribution in [0.25, 0.3) is 0 Å². The molecule has 0 aliphatic carbocycles. The van der Waals surface area contributed by atoms with E-state index < -0.39 is 23.8 Å². The fourth-order valence-electron chi connectivity index (χ4n) is 1.53. The normalized spacial score (nSPS) is 15.1. The quantitative estimate of drug-likeness (QED) is 0.716. The van der Waals surface area contributed by atoms with Crippen LogP contribution in [0, 0.1) is 0 Å². The zero-order valence-electron chi connectivity index (χ0n) is 14.1. The first kappa shape index (κ1) is 20.9. The zero-order valence-corrected chi connectivity index (χ0v) is 15.0. The van der Waals surface area contributed by atoms with Gasteiger partial charge in [0.25, 0.3) is 0 Å². The van der Waals surface area contributed by atoms with E-state index in [1.54, 1.807) is 18.3 Å². The first-order valence-electron chi connectivity index (χ1n) is 7.40. The number of hydrogen-bond donors (Lipinski definition) is 1. The van der Waals surface area contributed by atoms with Crippen molar-refractivity contribution in [3.63, 3.8) is 0 Å². The van der Waals surface area contributed by atoms with E-state index in [1.165, 1.54) is 0 Å². The summed E-state index contributed by atoms with van der Waals surface area (Å²) in [4.78, 5) is 4.08. The van der Waals surface area contributed by atoms with Crippen LogP contribution in [0.3, 0.4) is 0 Å². The van der Waals surface area contributed by atoms with Crippen molar-refractivity contribution in [1.29, 1.82) is 0 Å². The monoisotopic (exact) mass is 368 g/mol. The summed E-state index contributed by atoms with van der Waals surface area (Å²) < 4.78 is 60.0. The molecule has 0 spiro atoms. The van der Waals surface area contributed by atoms with Crippen molar-refractivity contribution in [2.45, 2.75) is 44.7 Å². The summed E-state index contributed by atoms with van der Waals surface area (Å²) in [5.74, 6) is 0.290. The maximum absolute atomic E-state index is 12.0. The predicted molar refractivity (Wildman–Crippen MR) is 86.1 cm³/mol. The van der Waals surface area contributed by atoms with E-state index in [-0.39, 0.29) is 24.0 Å². The highest BCUT2D eigenvalue weighted by molar-refractivity contribution is 7.84. The Hall–Kier alpha value is -1.19. The lowest BCUT2D eigenvalue weighted by Gasteiger charge is -2.22. The molecule has 0 bridgehead atoms. The number of pyridine rings is 1. The van der Waals surface area contributed by atoms with Crippen LogP contribution in [0.2, 0.25) is 0 Å². The van der Waals surface area contributed by atoms with Crippen LogP contribution in [-0.2, 0) is 15.7 Å². The minimum Gasteiger partial charge on any atom is -0.475 e. The highest BCUT2D eigenvalue weighted by Gasteiger charge is 2.27. The van der Waals surface area contributed by atoms with Crippen molar-refractivity contribution in [2.75, 3.05) is 19.8 Å². The second-order valence-corrected chi connectivity index (χ2v) is 8.16. The predicted octanol–water partition coefficient (Wildman–Crippen LogP) is 3.15. The average molecular weight is 368 g/mol. The van der Waals surface area contributed by atoms with Gasteiger partial charge in [0.1, 0.15) is 13.2 Å². The maximum Gasteiger partial charge on any atom is 0.411 e. The fourth-order valence-corrected chi connectivity index (χ4v) is 2.34. The third-order valence-corrected chi connectivity index (χ3v) is 4.52. The Kier molecular flexibility index (Phi) is 7.62. The summed E-state index contributed by atoms with van der Waals surface area (Å²) in [6.45, 7) is 6.00. The molecule has 9 heteroatoms. The van der Waals surface area contributed by atoms with Crippen molar-refractivity contribution < 1.29 is 26.9 Å². The van der Waals surface area contributed by atoms with E-state index in [1.807, 2.05) is 27.7 Å². The summed E-state index contributed by atoms with van der Waals surface area (Å²) in [5.41, 5.74) is 0.827. The highest BCUT2D eigenvalue weighted by Crippen LogP contribution is 2.18. The summed E-state index contributed by atoms with van der Waals surface area (Å²) in [6, 6.07) is 3.20. The standard InChI is InChI=1S/C15H23F3N2O3S/c1-11(20-24(21)14(2,3)4)12-5-6-13(19-9-12)23-8-7-22-10-15(16,17)18/h5-6,9,11,20H,7-8,10H2,1-4H3/t11?,24-/m1/s1. The van der Waals surface area contributed by atoms with Crippen LogP contribution in [0.1, 0.15) is 39.3 Å². The van der Waals surface area contributed by atoms with Crippen LogP contribution in [0.4, 0.5) is 13.2 Å². The number of halogens is 3. The molecule has 0 saturated carbocycles. The third-order valence-electron chi connectivity index (χ3n) is 2.84. The molecule has 1 rings (SSSR count). The van der Waals surface area contributed by atoms with Gasteiger partial charge in [-0.1, -0.05) is 6.07 Å². The number of ether oxygens (including phenoxy) is 2. The topological polar surface area (TPSA) is 60.5 Å². The highest BCUT2D eigenvalue weighted by atomic mass is 32.2. The molecule has 0 saturated heterocycles. The van der Waals surface area contributed by atoms with Gasteiger partial charge in [-0.3, -0.25) is 0 Å². The number of nitrogens with one attached hydrogen (secondary N) is 1. The molecule has 0 aliphatic heterocycles. The van der Waals surface area contributed by atoms with E-state index in [2.05, 4.69) is 14.4 Å².